The molecule has 6 nitrogen and oxygen atoms in total. The van der Waals surface area contributed by atoms with Gasteiger partial charge in [0.2, 0.25) is 5.82 Å². The van der Waals surface area contributed by atoms with Crippen LogP contribution in [0.4, 0.5) is 0 Å². The Kier molecular flexibility index (Phi) is 2.49. The summed E-state index contributed by atoms with van der Waals surface area (Å²) in [5, 5.41) is 15.4. The van der Waals surface area contributed by atoms with Crippen molar-refractivity contribution in [1.29, 1.82) is 0 Å². The predicted molar refractivity (Wildman–Crippen MR) is 52.1 cm³/mol. The molecule has 15 heavy (non-hydrogen) atoms. The first kappa shape index (κ1) is 9.45. The largest absolute Gasteiger partial charge is 0.495 e. The monoisotopic (exact) mass is 203 g/mol. The van der Waals surface area contributed by atoms with Gasteiger partial charge in [-0.15, -0.1) is 20.4 Å². The van der Waals surface area contributed by atoms with E-state index >= 15 is 0 Å². The molecular weight excluding hydrogens is 194 g/mol. The van der Waals surface area contributed by atoms with Gasteiger partial charge in [-0.25, -0.2) is 0 Å². The van der Waals surface area contributed by atoms with E-state index in [0.29, 0.717) is 17.4 Å². The van der Waals surface area contributed by atoms with Gasteiger partial charge < -0.3 is 4.74 Å². The molecule has 76 valence electrons. The van der Waals surface area contributed by atoms with E-state index in [1.807, 2.05) is 0 Å². The van der Waals surface area contributed by atoms with Crippen molar-refractivity contribution in [1.82, 2.24) is 25.4 Å². The van der Waals surface area contributed by atoms with Crippen LogP contribution >= 0.6 is 0 Å². The molecule has 0 atom stereocenters. The summed E-state index contributed by atoms with van der Waals surface area (Å²) in [5.74, 6) is 1.62. The van der Waals surface area contributed by atoms with E-state index in [1.54, 1.807) is 32.5 Å². The van der Waals surface area contributed by atoms with E-state index in [0.717, 1.165) is 5.56 Å². The van der Waals surface area contributed by atoms with E-state index < -0.39 is 0 Å². The summed E-state index contributed by atoms with van der Waals surface area (Å²) in [7, 11) is 1.58. The van der Waals surface area contributed by atoms with E-state index in [4.69, 9.17) is 4.74 Å². The average Bonchev–Trinajstić information content (AvgIpc) is 2.30. The fourth-order valence-electron chi connectivity index (χ4n) is 1.05. The molecular formula is C9H9N5O. The van der Waals surface area contributed by atoms with Gasteiger partial charge in [-0.1, -0.05) is 0 Å². The topological polar surface area (TPSA) is 73.7 Å². The predicted octanol–water partition coefficient (Wildman–Crippen LogP) is 0.646. The molecule has 0 aliphatic rings. The Labute approximate surface area is 86.4 Å². The highest BCUT2D eigenvalue weighted by Gasteiger charge is 2.04. The molecule has 0 aliphatic heterocycles. The van der Waals surface area contributed by atoms with Crippen LogP contribution in [0.3, 0.4) is 0 Å². The van der Waals surface area contributed by atoms with Gasteiger partial charge in [0.1, 0.15) is 5.75 Å². The van der Waals surface area contributed by atoms with Crippen LogP contribution in [0.2, 0.25) is 0 Å². The van der Waals surface area contributed by atoms with Crippen molar-refractivity contribution in [2.75, 3.05) is 7.11 Å². The average molecular weight is 203 g/mol. The smallest absolute Gasteiger partial charge is 0.205 e. The van der Waals surface area contributed by atoms with E-state index in [9.17, 15) is 0 Å². The Morgan fingerprint density at radius 3 is 2.47 bits per heavy atom. The van der Waals surface area contributed by atoms with Gasteiger partial charge in [0.25, 0.3) is 0 Å². The molecule has 2 rings (SSSR count). The number of rotatable bonds is 2. The summed E-state index contributed by atoms with van der Waals surface area (Å²) in [4.78, 5) is 3.99. The van der Waals surface area contributed by atoms with Crippen molar-refractivity contribution >= 4 is 0 Å². The molecule has 0 unspecified atom stereocenters. The molecule has 0 spiro atoms. The quantitative estimate of drug-likeness (QED) is 0.713. The van der Waals surface area contributed by atoms with Crippen LogP contribution in [-0.4, -0.2) is 32.5 Å². The second kappa shape index (κ2) is 3.95. The molecule has 0 fully saturated rings. The fourth-order valence-corrected chi connectivity index (χ4v) is 1.05. The van der Waals surface area contributed by atoms with Crippen LogP contribution in [0.15, 0.2) is 18.5 Å². The summed E-state index contributed by atoms with van der Waals surface area (Å²) in [6, 6.07) is 1.78. The molecule has 6 heteroatoms. The Morgan fingerprint density at radius 2 is 1.80 bits per heavy atom. The van der Waals surface area contributed by atoms with E-state index in [2.05, 4.69) is 25.4 Å². The van der Waals surface area contributed by atoms with Gasteiger partial charge >= 0.3 is 0 Å². The van der Waals surface area contributed by atoms with Gasteiger partial charge in [-0.05, 0) is 13.0 Å². The van der Waals surface area contributed by atoms with Crippen LogP contribution in [0, 0.1) is 6.92 Å². The normalized spacial score (nSPS) is 10.0. The van der Waals surface area contributed by atoms with Crippen molar-refractivity contribution in [3.63, 3.8) is 0 Å². The lowest BCUT2D eigenvalue weighted by molar-refractivity contribution is 0.413. The number of aromatic nitrogens is 5. The summed E-state index contributed by atoms with van der Waals surface area (Å²) in [6.07, 6.45) is 3.25. The maximum atomic E-state index is 5.04. The van der Waals surface area contributed by atoms with Crippen LogP contribution in [0.5, 0.6) is 5.75 Å². The van der Waals surface area contributed by atoms with Gasteiger partial charge in [-0.2, -0.15) is 0 Å². The molecule has 0 N–H and O–H groups in total. The molecule has 0 amide bonds. The second-order valence-electron chi connectivity index (χ2n) is 2.88. The number of hydrogen-bond acceptors (Lipinski definition) is 6. The maximum absolute atomic E-state index is 5.04. The fraction of sp³-hybridized carbons (Fsp3) is 0.222. The van der Waals surface area contributed by atoms with Crippen molar-refractivity contribution in [2.45, 2.75) is 6.92 Å². The number of nitrogens with zero attached hydrogens (tertiary/aromatic N) is 5. The summed E-state index contributed by atoms with van der Waals surface area (Å²) >= 11 is 0. The van der Waals surface area contributed by atoms with Crippen molar-refractivity contribution in [3.05, 3.63) is 24.3 Å². The third-order valence-corrected chi connectivity index (χ3v) is 1.79. The van der Waals surface area contributed by atoms with Crippen LogP contribution in [0.25, 0.3) is 11.4 Å². The molecule has 0 saturated heterocycles. The minimum Gasteiger partial charge on any atom is -0.495 e. The summed E-state index contributed by atoms with van der Waals surface area (Å²) < 4.78 is 5.04. The Hall–Kier alpha value is -2.11. The zero-order valence-electron chi connectivity index (χ0n) is 8.38. The number of hydrogen-bond donors (Lipinski definition) is 0. The molecule has 0 aromatic carbocycles. The minimum atomic E-state index is 0.437. The van der Waals surface area contributed by atoms with Crippen molar-refractivity contribution in [3.8, 4) is 17.1 Å². The van der Waals surface area contributed by atoms with Crippen LogP contribution in [-0.2, 0) is 0 Å². The van der Waals surface area contributed by atoms with Crippen molar-refractivity contribution < 1.29 is 4.74 Å². The number of methoxy groups -OCH3 is 1. The zero-order valence-corrected chi connectivity index (χ0v) is 8.38. The highest BCUT2D eigenvalue weighted by Crippen LogP contribution is 2.17. The molecule has 0 aliphatic carbocycles. The molecule has 0 bridgehead atoms. The second-order valence-corrected chi connectivity index (χ2v) is 2.88. The van der Waals surface area contributed by atoms with Gasteiger partial charge in [0.15, 0.2) is 5.82 Å². The Balaban J connectivity index is 2.40. The Morgan fingerprint density at radius 1 is 1.07 bits per heavy atom. The molecule has 2 aromatic rings. The molecule has 0 saturated carbocycles. The number of aryl methyl sites for hydroxylation is 1. The highest BCUT2D eigenvalue weighted by molar-refractivity contribution is 5.54. The standard InChI is InChI=1S/C9H9N5O/c1-6-11-13-9(14-12-6)7-3-8(15-2)5-10-4-7/h3-5H,1-2H3. The third-order valence-electron chi connectivity index (χ3n) is 1.79. The Bertz CT molecular complexity index is 456. The van der Waals surface area contributed by atoms with Crippen LogP contribution in [0.1, 0.15) is 5.82 Å². The molecule has 0 radical (unpaired) electrons. The summed E-state index contributed by atoms with van der Waals surface area (Å²) in [5.41, 5.74) is 0.731. The lowest BCUT2D eigenvalue weighted by Gasteiger charge is -2.01. The van der Waals surface area contributed by atoms with Crippen LogP contribution < -0.4 is 4.74 Å². The molecule has 2 aromatic heterocycles. The third kappa shape index (κ3) is 2.04. The maximum Gasteiger partial charge on any atom is 0.205 e. The first-order valence-corrected chi connectivity index (χ1v) is 4.33. The number of ether oxygens (including phenoxy) is 1. The summed E-state index contributed by atoms with van der Waals surface area (Å²) in [6.45, 7) is 1.73. The van der Waals surface area contributed by atoms with E-state index in [1.165, 1.54) is 0 Å². The van der Waals surface area contributed by atoms with Gasteiger partial charge in [0.05, 0.1) is 13.3 Å². The lowest BCUT2D eigenvalue weighted by Crippen LogP contribution is -1.99. The van der Waals surface area contributed by atoms with Crippen molar-refractivity contribution in [2.24, 2.45) is 0 Å². The van der Waals surface area contributed by atoms with Gasteiger partial charge in [0, 0.05) is 11.8 Å². The first-order valence-electron chi connectivity index (χ1n) is 4.33. The molecule has 2 heterocycles. The zero-order chi connectivity index (χ0) is 10.7. The first-order chi connectivity index (χ1) is 7.29. The minimum absolute atomic E-state index is 0.437. The lowest BCUT2D eigenvalue weighted by atomic mass is 10.2. The van der Waals surface area contributed by atoms with Gasteiger partial charge in [-0.3, -0.25) is 4.98 Å². The van der Waals surface area contributed by atoms with E-state index in [-0.39, 0.29) is 0 Å². The number of pyridine rings is 1. The highest BCUT2D eigenvalue weighted by atomic mass is 16.5. The SMILES string of the molecule is COc1cncc(-c2nnc(C)nn2)c1.